The number of ether oxygens (including phenoxy) is 1. The predicted octanol–water partition coefficient (Wildman–Crippen LogP) is 3.75. The maximum absolute atomic E-state index is 12.3. The van der Waals surface area contributed by atoms with E-state index >= 15 is 0 Å². The number of amides is 1. The monoisotopic (exact) mass is 411 g/mol. The first-order valence-electron chi connectivity index (χ1n) is 8.73. The van der Waals surface area contributed by atoms with Gasteiger partial charge < -0.3 is 20.2 Å². The summed E-state index contributed by atoms with van der Waals surface area (Å²) in [6.45, 7) is 3.44. The van der Waals surface area contributed by atoms with E-state index in [1.54, 1.807) is 6.07 Å². The molecule has 0 bridgehead atoms. The van der Waals surface area contributed by atoms with Gasteiger partial charge in [-0.05, 0) is 36.0 Å². The Kier molecular flexibility index (Phi) is 5.72. The lowest BCUT2D eigenvalue weighted by Crippen LogP contribution is -2.19. The Morgan fingerprint density at radius 1 is 1.10 bits per heavy atom. The number of nitro benzene ring substituents is 1. The molecule has 3 rings (SSSR count). The third-order valence-corrected chi connectivity index (χ3v) is 4.08. The highest BCUT2D eigenvalue weighted by Crippen LogP contribution is 2.31. The van der Waals surface area contributed by atoms with Gasteiger partial charge in [-0.15, -0.1) is 0 Å². The fraction of sp³-hybridized carbons (Fsp3) is 0.158. The van der Waals surface area contributed by atoms with E-state index in [9.17, 15) is 25.0 Å². The van der Waals surface area contributed by atoms with Gasteiger partial charge in [0.15, 0.2) is 0 Å². The molecule has 1 amide bonds. The van der Waals surface area contributed by atoms with Gasteiger partial charge in [0.2, 0.25) is 5.91 Å². The smallest absolute Gasteiger partial charge is 0.389 e. The molecule has 0 aliphatic carbocycles. The zero-order valence-corrected chi connectivity index (χ0v) is 16.1. The van der Waals surface area contributed by atoms with Crippen molar-refractivity contribution >= 4 is 23.1 Å². The van der Waals surface area contributed by atoms with Gasteiger partial charge in [0.1, 0.15) is 18.0 Å². The van der Waals surface area contributed by atoms with Crippen molar-refractivity contribution in [1.29, 1.82) is 0 Å². The number of nitro groups is 2. The van der Waals surface area contributed by atoms with E-state index in [0.29, 0.717) is 5.75 Å². The van der Waals surface area contributed by atoms with E-state index in [4.69, 9.17) is 4.74 Å². The molecule has 0 spiro atoms. The van der Waals surface area contributed by atoms with Crippen molar-refractivity contribution in [3.8, 4) is 11.5 Å². The lowest BCUT2D eigenvalue weighted by molar-refractivity contribution is -0.389. The van der Waals surface area contributed by atoms with Gasteiger partial charge in [-0.2, -0.15) is 4.68 Å². The topological polar surface area (TPSA) is 142 Å². The molecule has 0 atom stereocenters. The van der Waals surface area contributed by atoms with Crippen molar-refractivity contribution in [2.45, 2.75) is 20.4 Å². The molecule has 11 heteroatoms. The first kappa shape index (κ1) is 20.5. The maximum atomic E-state index is 12.3. The molecule has 0 radical (unpaired) electrons. The number of anilines is 1. The van der Waals surface area contributed by atoms with Crippen LogP contribution < -0.4 is 10.1 Å². The SMILES string of the molecule is Cc1ccc(C)c(Oc2cc(NC(=O)Cn3ccc([N+](=O)[O-])n3)cc([N+](=O)[O-])c2)c1. The van der Waals surface area contributed by atoms with Gasteiger partial charge in [0.05, 0.1) is 34.0 Å². The molecule has 30 heavy (non-hydrogen) atoms. The molecule has 0 aliphatic rings. The van der Waals surface area contributed by atoms with Crippen LogP contribution in [0.4, 0.5) is 17.2 Å². The second-order valence-corrected chi connectivity index (χ2v) is 6.52. The Morgan fingerprint density at radius 2 is 1.87 bits per heavy atom. The molecule has 3 aromatic rings. The molecule has 1 aromatic heterocycles. The van der Waals surface area contributed by atoms with Gasteiger partial charge in [0, 0.05) is 12.1 Å². The molecule has 1 N–H and O–H groups in total. The van der Waals surface area contributed by atoms with Crippen LogP contribution in [0.5, 0.6) is 11.5 Å². The van der Waals surface area contributed by atoms with Crippen molar-refractivity contribution in [1.82, 2.24) is 9.78 Å². The van der Waals surface area contributed by atoms with Crippen LogP contribution in [-0.4, -0.2) is 25.5 Å². The molecule has 2 aromatic carbocycles. The average Bonchev–Trinajstić information content (AvgIpc) is 3.13. The number of carbonyl (C=O) groups is 1. The number of aryl methyl sites for hydroxylation is 2. The molecular weight excluding hydrogens is 394 g/mol. The summed E-state index contributed by atoms with van der Waals surface area (Å²) in [5.74, 6) is -0.229. The van der Waals surface area contributed by atoms with Crippen molar-refractivity contribution in [3.63, 3.8) is 0 Å². The molecule has 0 unspecified atom stereocenters. The minimum atomic E-state index is -0.675. The summed E-state index contributed by atoms with van der Waals surface area (Å²) < 4.78 is 6.90. The minimum absolute atomic E-state index is 0.149. The Bertz CT molecular complexity index is 1140. The third-order valence-electron chi connectivity index (χ3n) is 4.08. The second-order valence-electron chi connectivity index (χ2n) is 6.52. The molecular formula is C19H17N5O6. The summed E-state index contributed by atoms with van der Waals surface area (Å²) in [5, 5.41) is 28.1. The summed E-state index contributed by atoms with van der Waals surface area (Å²) in [4.78, 5) is 32.9. The van der Waals surface area contributed by atoms with Crippen molar-refractivity contribution in [3.05, 3.63) is 80.0 Å². The normalized spacial score (nSPS) is 10.5. The zero-order chi connectivity index (χ0) is 21.8. The van der Waals surface area contributed by atoms with E-state index in [0.717, 1.165) is 21.9 Å². The van der Waals surface area contributed by atoms with Crippen LogP contribution in [0.1, 0.15) is 11.1 Å². The zero-order valence-electron chi connectivity index (χ0n) is 16.1. The van der Waals surface area contributed by atoms with Crippen molar-refractivity contribution in [2.75, 3.05) is 5.32 Å². The fourth-order valence-corrected chi connectivity index (χ4v) is 2.65. The molecule has 0 saturated heterocycles. The minimum Gasteiger partial charge on any atom is -0.457 e. The van der Waals surface area contributed by atoms with E-state index < -0.39 is 15.8 Å². The molecule has 1 heterocycles. The van der Waals surface area contributed by atoms with Gasteiger partial charge in [-0.3, -0.25) is 14.9 Å². The summed E-state index contributed by atoms with van der Waals surface area (Å²) in [6, 6.07) is 10.7. The van der Waals surface area contributed by atoms with Gasteiger partial charge >= 0.3 is 5.82 Å². The molecule has 0 fully saturated rings. The number of hydrogen-bond acceptors (Lipinski definition) is 7. The Labute approximate surface area is 170 Å². The highest BCUT2D eigenvalue weighted by atomic mass is 16.6. The van der Waals surface area contributed by atoms with Crippen molar-refractivity contribution < 1.29 is 19.4 Å². The Morgan fingerprint density at radius 3 is 2.53 bits per heavy atom. The Hall–Kier alpha value is -4.28. The fourth-order valence-electron chi connectivity index (χ4n) is 2.65. The number of hydrogen-bond donors (Lipinski definition) is 1. The van der Waals surface area contributed by atoms with E-state index in [1.807, 2.05) is 26.0 Å². The lowest BCUT2D eigenvalue weighted by Gasteiger charge is -2.11. The molecule has 154 valence electrons. The second kappa shape index (κ2) is 8.39. The van der Waals surface area contributed by atoms with Crippen LogP contribution >= 0.6 is 0 Å². The van der Waals surface area contributed by atoms with Gasteiger partial charge in [0.25, 0.3) is 5.69 Å². The largest absolute Gasteiger partial charge is 0.457 e. The Balaban J connectivity index is 1.81. The number of aromatic nitrogens is 2. The summed E-state index contributed by atoms with van der Waals surface area (Å²) in [5.41, 5.74) is 1.69. The quantitative estimate of drug-likeness (QED) is 0.461. The molecule has 0 saturated carbocycles. The number of rotatable bonds is 7. The third kappa shape index (κ3) is 4.95. The summed E-state index contributed by atoms with van der Waals surface area (Å²) in [6.07, 6.45) is 1.29. The van der Waals surface area contributed by atoms with Crippen LogP contribution in [0.2, 0.25) is 0 Å². The standard InChI is InChI=1S/C19H17N5O6/c1-12-3-4-13(2)17(7-12)30-16-9-14(8-15(10-16)23(26)27)20-19(25)11-22-6-5-18(21-22)24(28)29/h3-10H,11H2,1-2H3,(H,20,25). The van der Waals surface area contributed by atoms with E-state index in [1.165, 1.54) is 24.4 Å². The first-order chi connectivity index (χ1) is 14.2. The highest BCUT2D eigenvalue weighted by Gasteiger charge is 2.16. The number of nitrogens with one attached hydrogen (secondary N) is 1. The molecule has 11 nitrogen and oxygen atoms in total. The number of carbonyl (C=O) groups excluding carboxylic acids is 1. The van der Waals surface area contributed by atoms with Crippen molar-refractivity contribution in [2.24, 2.45) is 0 Å². The van der Waals surface area contributed by atoms with Crippen LogP contribution in [-0.2, 0) is 11.3 Å². The lowest BCUT2D eigenvalue weighted by atomic mass is 10.1. The van der Waals surface area contributed by atoms with Crippen LogP contribution in [0, 0.1) is 34.1 Å². The number of non-ortho nitro benzene ring substituents is 1. The van der Waals surface area contributed by atoms with Crippen LogP contribution in [0.15, 0.2) is 48.7 Å². The highest BCUT2D eigenvalue weighted by molar-refractivity contribution is 5.91. The maximum Gasteiger partial charge on any atom is 0.389 e. The van der Waals surface area contributed by atoms with E-state index in [2.05, 4.69) is 10.4 Å². The summed E-state index contributed by atoms with van der Waals surface area (Å²) in [7, 11) is 0. The average molecular weight is 411 g/mol. The van der Waals surface area contributed by atoms with Gasteiger partial charge in [-0.1, -0.05) is 12.1 Å². The number of nitrogens with zero attached hydrogens (tertiary/aromatic N) is 4. The number of benzene rings is 2. The molecule has 0 aliphatic heterocycles. The van der Waals surface area contributed by atoms with Crippen LogP contribution in [0.25, 0.3) is 0 Å². The van der Waals surface area contributed by atoms with Gasteiger partial charge in [-0.25, -0.2) is 0 Å². The van der Waals surface area contributed by atoms with E-state index in [-0.39, 0.29) is 29.5 Å². The van der Waals surface area contributed by atoms with Crippen LogP contribution in [0.3, 0.4) is 0 Å². The first-order valence-corrected chi connectivity index (χ1v) is 8.73. The predicted molar refractivity (Wildman–Crippen MR) is 107 cm³/mol. The summed E-state index contributed by atoms with van der Waals surface area (Å²) >= 11 is 0.